The fraction of sp³-hybridized carbons (Fsp3) is 0.667. The van der Waals surface area contributed by atoms with Gasteiger partial charge in [0.05, 0.1) is 6.61 Å². The number of methoxy groups -OCH3 is 1. The Morgan fingerprint density at radius 1 is 1.58 bits per heavy atom. The van der Waals surface area contributed by atoms with Gasteiger partial charge in [0, 0.05) is 20.6 Å². The molecule has 1 heterocycles. The highest BCUT2D eigenvalue weighted by Gasteiger charge is 2.20. The van der Waals surface area contributed by atoms with Gasteiger partial charge in [0.25, 0.3) is 0 Å². The zero-order valence-corrected chi connectivity index (χ0v) is 11.5. The van der Waals surface area contributed by atoms with Gasteiger partial charge in [-0.1, -0.05) is 0 Å². The Labute approximate surface area is 110 Å². The maximum Gasteiger partial charge on any atom is 0.342 e. The first kappa shape index (κ1) is 15.5. The van der Waals surface area contributed by atoms with Gasteiger partial charge in [-0.3, -0.25) is 0 Å². The van der Waals surface area contributed by atoms with Crippen LogP contribution in [0.3, 0.4) is 0 Å². The van der Waals surface area contributed by atoms with Gasteiger partial charge < -0.3 is 14.9 Å². The highest BCUT2D eigenvalue weighted by Crippen LogP contribution is 2.13. The second kappa shape index (κ2) is 6.59. The highest BCUT2D eigenvalue weighted by atomic mass is 32.2. The molecule has 0 aliphatic rings. The lowest BCUT2D eigenvalue weighted by atomic mass is 10.6. The molecule has 0 radical (unpaired) electrons. The number of sulfonamides is 1. The Morgan fingerprint density at radius 2 is 2.26 bits per heavy atom. The number of imidazole rings is 1. The van der Waals surface area contributed by atoms with Crippen LogP contribution in [0.2, 0.25) is 0 Å². The minimum Gasteiger partial charge on any atom is -0.383 e. The summed E-state index contributed by atoms with van der Waals surface area (Å²) < 4.78 is 31.6. The lowest BCUT2D eigenvalue weighted by Gasteiger charge is -2.06. The van der Waals surface area contributed by atoms with E-state index < -0.39 is 14.9 Å². The second-order valence-corrected chi connectivity index (χ2v) is 5.70. The number of nitrogens with zero attached hydrogens (tertiary/aromatic N) is 3. The Morgan fingerprint density at radius 3 is 2.84 bits per heavy atom. The molecule has 0 atom stereocenters. The minimum atomic E-state index is -3.49. The van der Waals surface area contributed by atoms with E-state index in [2.05, 4.69) is 9.71 Å². The first-order chi connectivity index (χ1) is 8.87. The van der Waals surface area contributed by atoms with Gasteiger partial charge >= 0.3 is 5.82 Å². The number of hydrogen-bond acceptors (Lipinski definition) is 6. The van der Waals surface area contributed by atoms with Crippen LogP contribution in [0.4, 0.5) is 5.82 Å². The van der Waals surface area contributed by atoms with Crippen LogP contribution in [-0.4, -0.2) is 48.9 Å². The number of hydrogen-bond donors (Lipinski definition) is 1. The van der Waals surface area contributed by atoms with Crippen LogP contribution >= 0.6 is 0 Å². The predicted octanol–water partition coefficient (Wildman–Crippen LogP) is -0.334. The van der Waals surface area contributed by atoms with E-state index in [1.807, 2.05) is 0 Å². The first-order valence-corrected chi connectivity index (χ1v) is 7.15. The number of ether oxygens (including phenoxy) is 1. The lowest BCUT2D eigenvalue weighted by Crippen LogP contribution is -2.31. The van der Waals surface area contributed by atoms with Crippen LogP contribution in [0.25, 0.3) is 0 Å². The number of aryl methyl sites for hydroxylation is 1. The second-order valence-electron chi connectivity index (χ2n) is 3.78. The minimum absolute atomic E-state index is 0.0234. The molecular weight excluding hydrogens is 276 g/mol. The molecule has 0 bridgehead atoms. The topological polar surface area (TPSA) is 116 Å². The van der Waals surface area contributed by atoms with E-state index in [0.29, 0.717) is 5.82 Å². The fourth-order valence-corrected chi connectivity index (χ4v) is 2.42. The van der Waals surface area contributed by atoms with Crippen molar-refractivity contribution < 1.29 is 18.1 Å². The predicted molar refractivity (Wildman–Crippen MR) is 67.3 cm³/mol. The Balaban J connectivity index is 2.66. The summed E-state index contributed by atoms with van der Waals surface area (Å²) in [4.78, 5) is 13.9. The standard InChI is InChI=1S/C9H16N4O5S/c1-8-10-7-9(13(14)15)12(8)4-6-19(16,17)11-3-5-18-2/h7,11H,3-6H2,1-2H3. The molecule has 0 saturated heterocycles. The number of nitro groups is 1. The molecule has 1 N–H and O–H groups in total. The van der Waals surface area contributed by atoms with Crippen LogP contribution in [0.15, 0.2) is 6.20 Å². The van der Waals surface area contributed by atoms with Crippen molar-refractivity contribution in [2.45, 2.75) is 13.5 Å². The average Bonchev–Trinajstić information content (AvgIpc) is 2.68. The summed E-state index contributed by atoms with van der Waals surface area (Å²) >= 11 is 0. The molecule has 1 aromatic rings. The SMILES string of the molecule is COCCNS(=O)(=O)CCn1c([N+](=O)[O-])cnc1C. The van der Waals surface area contributed by atoms with Crippen molar-refractivity contribution in [3.63, 3.8) is 0 Å². The Hall–Kier alpha value is -1.52. The number of nitrogens with one attached hydrogen (secondary N) is 1. The highest BCUT2D eigenvalue weighted by molar-refractivity contribution is 7.89. The van der Waals surface area contributed by atoms with E-state index in [1.54, 1.807) is 6.92 Å². The Bertz CT molecular complexity index is 539. The fourth-order valence-electron chi connectivity index (χ4n) is 1.46. The van der Waals surface area contributed by atoms with Crippen LogP contribution in [0.1, 0.15) is 5.82 Å². The van der Waals surface area contributed by atoms with Crippen molar-refractivity contribution in [1.82, 2.24) is 14.3 Å². The van der Waals surface area contributed by atoms with Crippen LogP contribution in [-0.2, 0) is 21.3 Å². The molecule has 0 fully saturated rings. The molecule has 0 aliphatic carbocycles. The molecular formula is C9H16N4O5S. The summed E-state index contributed by atoms with van der Waals surface area (Å²) in [6.45, 7) is 2.00. The summed E-state index contributed by atoms with van der Waals surface area (Å²) in [5.74, 6) is -0.0715. The molecule has 0 unspecified atom stereocenters. The molecule has 0 spiro atoms. The molecule has 108 valence electrons. The van der Waals surface area contributed by atoms with Gasteiger partial charge in [0.2, 0.25) is 10.0 Å². The summed E-state index contributed by atoms with van der Waals surface area (Å²) in [5.41, 5.74) is 0. The number of rotatable bonds is 8. The van der Waals surface area contributed by atoms with Crippen molar-refractivity contribution in [2.24, 2.45) is 0 Å². The van der Waals surface area contributed by atoms with Crippen molar-refractivity contribution in [1.29, 1.82) is 0 Å². The molecule has 9 nitrogen and oxygen atoms in total. The zero-order chi connectivity index (χ0) is 14.5. The monoisotopic (exact) mass is 292 g/mol. The summed E-state index contributed by atoms with van der Waals surface area (Å²) in [6, 6.07) is 0. The largest absolute Gasteiger partial charge is 0.383 e. The maximum absolute atomic E-state index is 11.6. The van der Waals surface area contributed by atoms with Crippen molar-refractivity contribution in [3.8, 4) is 0 Å². The van der Waals surface area contributed by atoms with E-state index in [4.69, 9.17) is 4.74 Å². The van der Waals surface area contributed by atoms with E-state index in [0.717, 1.165) is 6.20 Å². The van der Waals surface area contributed by atoms with E-state index in [1.165, 1.54) is 11.7 Å². The van der Waals surface area contributed by atoms with E-state index >= 15 is 0 Å². The summed E-state index contributed by atoms with van der Waals surface area (Å²) in [5, 5.41) is 10.7. The molecule has 0 aromatic carbocycles. The van der Waals surface area contributed by atoms with Crippen LogP contribution in [0, 0.1) is 17.0 Å². The summed E-state index contributed by atoms with van der Waals surface area (Å²) in [6.07, 6.45) is 1.11. The molecule has 19 heavy (non-hydrogen) atoms. The molecule has 1 aromatic heterocycles. The molecule has 1 rings (SSSR count). The average molecular weight is 292 g/mol. The van der Waals surface area contributed by atoms with Crippen LogP contribution in [0.5, 0.6) is 0 Å². The quantitative estimate of drug-likeness (QED) is 0.398. The molecule has 0 aliphatic heterocycles. The van der Waals surface area contributed by atoms with Crippen LogP contribution < -0.4 is 4.72 Å². The Kier molecular flexibility index (Phi) is 5.39. The van der Waals surface area contributed by atoms with E-state index in [9.17, 15) is 18.5 Å². The van der Waals surface area contributed by atoms with Gasteiger partial charge in [0.15, 0.2) is 5.82 Å². The third kappa shape index (κ3) is 4.58. The number of aromatic nitrogens is 2. The molecule has 0 saturated carbocycles. The van der Waals surface area contributed by atoms with Gasteiger partial charge in [-0.2, -0.15) is 0 Å². The van der Waals surface area contributed by atoms with Crippen molar-refractivity contribution >= 4 is 15.8 Å². The third-order valence-corrected chi connectivity index (χ3v) is 3.80. The van der Waals surface area contributed by atoms with Crippen molar-refractivity contribution in [2.75, 3.05) is 26.0 Å². The van der Waals surface area contributed by atoms with Gasteiger partial charge in [0.1, 0.15) is 18.5 Å². The van der Waals surface area contributed by atoms with Gasteiger partial charge in [-0.05, 0) is 4.92 Å². The first-order valence-electron chi connectivity index (χ1n) is 5.50. The van der Waals surface area contributed by atoms with Gasteiger partial charge in [-0.25, -0.2) is 22.7 Å². The van der Waals surface area contributed by atoms with Gasteiger partial charge in [-0.15, -0.1) is 0 Å². The van der Waals surface area contributed by atoms with E-state index in [-0.39, 0.29) is 31.3 Å². The smallest absolute Gasteiger partial charge is 0.342 e. The molecule has 10 heteroatoms. The third-order valence-electron chi connectivity index (χ3n) is 2.43. The van der Waals surface area contributed by atoms with Crippen molar-refractivity contribution in [3.05, 3.63) is 22.1 Å². The maximum atomic E-state index is 11.6. The lowest BCUT2D eigenvalue weighted by molar-refractivity contribution is -0.392. The normalized spacial score (nSPS) is 11.7. The summed E-state index contributed by atoms with van der Waals surface area (Å²) in [7, 11) is -2.03. The zero-order valence-electron chi connectivity index (χ0n) is 10.7. The molecule has 0 amide bonds.